The van der Waals surface area contributed by atoms with Gasteiger partial charge in [-0.15, -0.1) is 0 Å². The van der Waals surface area contributed by atoms with Gasteiger partial charge in [0.15, 0.2) is 0 Å². The predicted octanol–water partition coefficient (Wildman–Crippen LogP) is 5.74. The molecule has 5 rings (SSSR count). The van der Waals surface area contributed by atoms with Gasteiger partial charge in [-0.25, -0.2) is 9.67 Å². The molecule has 6 heteroatoms. The summed E-state index contributed by atoms with van der Waals surface area (Å²) in [7, 11) is 2.01. The minimum absolute atomic E-state index is 0.749. The molecule has 158 valence electrons. The highest BCUT2D eigenvalue weighted by Crippen LogP contribution is 2.30. The highest BCUT2D eigenvalue weighted by atomic mass is 16.5. The lowest BCUT2D eigenvalue weighted by atomic mass is 10.2. The Morgan fingerprint density at radius 1 is 0.812 bits per heavy atom. The second-order valence-electron chi connectivity index (χ2n) is 7.73. The summed E-state index contributed by atoms with van der Waals surface area (Å²) < 4.78 is 10.2. The molecule has 0 atom stereocenters. The lowest BCUT2D eigenvalue weighted by Crippen LogP contribution is -1.99. The van der Waals surface area contributed by atoms with Crippen LogP contribution < -0.4 is 4.74 Å². The Kier molecular flexibility index (Phi) is 5.03. The van der Waals surface area contributed by atoms with Gasteiger partial charge in [-0.05, 0) is 56.3 Å². The molecule has 0 radical (unpaired) electrons. The molecule has 0 amide bonds. The van der Waals surface area contributed by atoms with Crippen LogP contribution in [0.25, 0.3) is 28.3 Å². The highest BCUT2D eigenvalue weighted by Gasteiger charge is 2.12. The molecule has 6 nitrogen and oxygen atoms in total. The molecule has 5 aromatic rings. The zero-order chi connectivity index (χ0) is 22.1. The molecule has 0 aliphatic rings. The summed E-state index contributed by atoms with van der Waals surface area (Å²) in [6.07, 6.45) is 5.49. The minimum Gasteiger partial charge on any atom is -0.457 e. The van der Waals surface area contributed by atoms with Crippen molar-refractivity contribution in [2.45, 2.75) is 13.8 Å². The first-order chi connectivity index (χ1) is 15.6. The van der Waals surface area contributed by atoms with Crippen molar-refractivity contribution in [3.8, 4) is 39.8 Å². The van der Waals surface area contributed by atoms with Crippen molar-refractivity contribution in [3.05, 3.63) is 96.7 Å². The van der Waals surface area contributed by atoms with Gasteiger partial charge in [0.2, 0.25) is 0 Å². The van der Waals surface area contributed by atoms with E-state index in [4.69, 9.17) is 4.74 Å². The summed E-state index contributed by atoms with van der Waals surface area (Å²) in [4.78, 5) is 8.86. The molecule has 0 saturated carbocycles. The summed E-state index contributed by atoms with van der Waals surface area (Å²) in [5.41, 5.74) is 6.06. The number of benzene rings is 2. The standard InChI is InChI=1S/C26H23N5O/c1-18-13-19(2)31(29-18)22-9-5-11-24(15-22)32-23-10-4-7-20(14-23)26-28-17-25(30(26)3)21-8-6-12-27-16-21/h4-17H,1-3H3. The quantitative estimate of drug-likeness (QED) is 0.363. The lowest BCUT2D eigenvalue weighted by molar-refractivity contribution is 0.482. The molecule has 0 unspecified atom stereocenters. The zero-order valence-electron chi connectivity index (χ0n) is 18.2. The monoisotopic (exact) mass is 421 g/mol. The second kappa shape index (κ2) is 8.15. The van der Waals surface area contributed by atoms with Gasteiger partial charge < -0.3 is 9.30 Å². The van der Waals surface area contributed by atoms with E-state index >= 15 is 0 Å². The van der Waals surface area contributed by atoms with E-state index in [0.29, 0.717) is 0 Å². The van der Waals surface area contributed by atoms with Crippen LogP contribution in [0.5, 0.6) is 11.5 Å². The van der Waals surface area contributed by atoms with E-state index in [2.05, 4.69) is 25.7 Å². The van der Waals surface area contributed by atoms with Crippen LogP contribution in [-0.4, -0.2) is 24.3 Å². The Morgan fingerprint density at radius 3 is 2.34 bits per heavy atom. The van der Waals surface area contributed by atoms with Gasteiger partial charge in [0.05, 0.1) is 23.3 Å². The summed E-state index contributed by atoms with van der Waals surface area (Å²) in [5.74, 6) is 2.37. The highest BCUT2D eigenvalue weighted by molar-refractivity contribution is 5.66. The zero-order valence-corrected chi connectivity index (χ0v) is 18.2. The van der Waals surface area contributed by atoms with E-state index < -0.39 is 0 Å². The molecule has 3 aromatic heterocycles. The average Bonchev–Trinajstić information content (AvgIpc) is 3.36. The Labute approximate surface area is 186 Å². The topological polar surface area (TPSA) is 57.8 Å². The van der Waals surface area contributed by atoms with E-state index in [9.17, 15) is 0 Å². The van der Waals surface area contributed by atoms with E-state index in [-0.39, 0.29) is 0 Å². The molecule has 0 saturated heterocycles. The maximum Gasteiger partial charge on any atom is 0.140 e. The van der Waals surface area contributed by atoms with Crippen LogP contribution in [0.2, 0.25) is 0 Å². The van der Waals surface area contributed by atoms with Gasteiger partial charge in [0.25, 0.3) is 0 Å². The van der Waals surface area contributed by atoms with Gasteiger partial charge in [-0.3, -0.25) is 4.98 Å². The molecule has 2 aromatic carbocycles. The number of aryl methyl sites for hydroxylation is 2. The Bertz CT molecular complexity index is 1380. The molecule has 0 spiro atoms. The molecular formula is C26H23N5O. The first-order valence-corrected chi connectivity index (χ1v) is 10.4. The average molecular weight is 422 g/mol. The third-order valence-electron chi connectivity index (χ3n) is 5.35. The molecule has 0 bridgehead atoms. The first kappa shape index (κ1) is 19.8. The number of hydrogen-bond acceptors (Lipinski definition) is 4. The SMILES string of the molecule is Cc1cc(C)n(-c2cccc(Oc3cccc(-c4ncc(-c5cccnc5)n4C)c3)c2)n1. The largest absolute Gasteiger partial charge is 0.457 e. The van der Waals surface area contributed by atoms with Crippen molar-refractivity contribution < 1.29 is 4.74 Å². The third-order valence-corrected chi connectivity index (χ3v) is 5.35. The molecule has 0 N–H and O–H groups in total. The van der Waals surface area contributed by atoms with E-state index in [1.54, 1.807) is 6.20 Å². The molecule has 0 aliphatic carbocycles. The number of imidazole rings is 1. The van der Waals surface area contributed by atoms with Gasteiger partial charge in [0, 0.05) is 42.3 Å². The van der Waals surface area contributed by atoms with Crippen molar-refractivity contribution in [1.82, 2.24) is 24.3 Å². The van der Waals surface area contributed by atoms with Crippen LogP contribution in [0.3, 0.4) is 0 Å². The molecule has 0 aliphatic heterocycles. The van der Waals surface area contributed by atoms with Gasteiger partial charge >= 0.3 is 0 Å². The summed E-state index contributed by atoms with van der Waals surface area (Å²) in [5, 5.41) is 4.57. The van der Waals surface area contributed by atoms with Gasteiger partial charge in [-0.1, -0.05) is 18.2 Å². The van der Waals surface area contributed by atoms with E-state index in [1.165, 1.54) is 0 Å². The fraction of sp³-hybridized carbons (Fsp3) is 0.115. The predicted molar refractivity (Wildman–Crippen MR) is 125 cm³/mol. The summed E-state index contributed by atoms with van der Waals surface area (Å²) >= 11 is 0. The maximum atomic E-state index is 6.19. The van der Waals surface area contributed by atoms with Gasteiger partial charge in [-0.2, -0.15) is 5.10 Å². The molecule has 0 fully saturated rings. The third kappa shape index (κ3) is 3.78. The Balaban J connectivity index is 1.43. The lowest BCUT2D eigenvalue weighted by Gasteiger charge is -2.11. The number of rotatable bonds is 5. The van der Waals surface area contributed by atoms with Crippen LogP contribution in [0.1, 0.15) is 11.4 Å². The minimum atomic E-state index is 0.749. The van der Waals surface area contributed by atoms with Crippen molar-refractivity contribution in [1.29, 1.82) is 0 Å². The Hall–Kier alpha value is -4.19. The van der Waals surface area contributed by atoms with Crippen LogP contribution in [-0.2, 0) is 7.05 Å². The second-order valence-corrected chi connectivity index (χ2v) is 7.73. The van der Waals surface area contributed by atoms with E-state index in [0.717, 1.165) is 51.2 Å². The molecule has 3 heterocycles. The first-order valence-electron chi connectivity index (χ1n) is 10.4. The van der Waals surface area contributed by atoms with Crippen LogP contribution >= 0.6 is 0 Å². The fourth-order valence-electron chi connectivity index (χ4n) is 3.86. The van der Waals surface area contributed by atoms with Crippen LogP contribution in [0.15, 0.2) is 85.3 Å². The normalized spacial score (nSPS) is 11.0. The number of nitrogens with zero attached hydrogens (tertiary/aromatic N) is 5. The van der Waals surface area contributed by atoms with Crippen molar-refractivity contribution >= 4 is 0 Å². The number of pyridine rings is 1. The maximum absolute atomic E-state index is 6.19. The van der Waals surface area contributed by atoms with E-state index in [1.807, 2.05) is 98.6 Å². The smallest absolute Gasteiger partial charge is 0.140 e. The van der Waals surface area contributed by atoms with Crippen molar-refractivity contribution in [2.75, 3.05) is 0 Å². The van der Waals surface area contributed by atoms with Crippen molar-refractivity contribution in [3.63, 3.8) is 0 Å². The van der Waals surface area contributed by atoms with Crippen LogP contribution in [0.4, 0.5) is 0 Å². The molecular weight excluding hydrogens is 398 g/mol. The van der Waals surface area contributed by atoms with Gasteiger partial charge in [0.1, 0.15) is 17.3 Å². The Morgan fingerprint density at radius 2 is 1.59 bits per heavy atom. The number of aromatic nitrogens is 5. The summed E-state index contributed by atoms with van der Waals surface area (Å²) in [6, 6.07) is 21.9. The fourth-order valence-corrected chi connectivity index (χ4v) is 3.86. The molecule has 32 heavy (non-hydrogen) atoms. The number of hydrogen-bond donors (Lipinski definition) is 0. The van der Waals surface area contributed by atoms with Crippen molar-refractivity contribution in [2.24, 2.45) is 7.05 Å². The van der Waals surface area contributed by atoms with Crippen LogP contribution in [0, 0.1) is 13.8 Å². The number of ether oxygens (including phenoxy) is 1. The summed E-state index contributed by atoms with van der Waals surface area (Å²) in [6.45, 7) is 4.04.